The minimum atomic E-state index is -0.102. The lowest BCUT2D eigenvalue weighted by Gasteiger charge is -2.19. The van der Waals surface area contributed by atoms with Crippen molar-refractivity contribution in [2.24, 2.45) is 5.92 Å². The molecule has 1 amide bonds. The average Bonchev–Trinajstić information content (AvgIpc) is 2.61. The summed E-state index contributed by atoms with van der Waals surface area (Å²) in [5.41, 5.74) is 6.70. The highest BCUT2D eigenvalue weighted by Crippen LogP contribution is 2.31. The standard InChI is InChI=1S/C23H30Br2N2O/c1-7-16-11-18(24)12-17(8-2)22(16)27-23(28)20-15(6)26-14(5)19(21(20)25)10-9-13(3)4/h11-13H,7-10H2,1-6H3,(H,27,28). The summed E-state index contributed by atoms with van der Waals surface area (Å²) in [4.78, 5) is 18.0. The molecule has 1 aromatic heterocycles. The Morgan fingerprint density at radius 3 is 2.14 bits per heavy atom. The van der Waals surface area contributed by atoms with E-state index in [-0.39, 0.29) is 5.91 Å². The van der Waals surface area contributed by atoms with Crippen molar-refractivity contribution >= 4 is 43.5 Å². The van der Waals surface area contributed by atoms with E-state index < -0.39 is 0 Å². The molecule has 152 valence electrons. The molecule has 0 bridgehead atoms. The third-order valence-corrected chi connectivity index (χ3v) is 6.42. The van der Waals surface area contributed by atoms with Crippen LogP contribution in [0.2, 0.25) is 0 Å². The summed E-state index contributed by atoms with van der Waals surface area (Å²) in [6.07, 6.45) is 3.69. The van der Waals surface area contributed by atoms with Crippen molar-refractivity contribution in [2.45, 2.75) is 67.2 Å². The van der Waals surface area contributed by atoms with Crippen LogP contribution in [0, 0.1) is 19.8 Å². The molecule has 2 aromatic rings. The third kappa shape index (κ3) is 5.24. The van der Waals surface area contributed by atoms with Crippen LogP contribution in [0.1, 0.15) is 72.6 Å². The Bertz CT molecular complexity index is 850. The second-order valence-corrected chi connectivity index (χ2v) is 9.35. The molecular formula is C23H30Br2N2O. The Kier molecular flexibility index (Phi) is 8.26. The lowest BCUT2D eigenvalue weighted by atomic mass is 9.98. The van der Waals surface area contributed by atoms with E-state index in [0.29, 0.717) is 11.5 Å². The van der Waals surface area contributed by atoms with Gasteiger partial charge in [-0.3, -0.25) is 9.78 Å². The number of carbonyl (C=O) groups excluding carboxylic acids is 1. The zero-order valence-electron chi connectivity index (χ0n) is 17.7. The Labute approximate surface area is 186 Å². The molecule has 1 aromatic carbocycles. The van der Waals surface area contributed by atoms with E-state index >= 15 is 0 Å². The average molecular weight is 510 g/mol. The van der Waals surface area contributed by atoms with Crippen LogP contribution < -0.4 is 5.32 Å². The minimum Gasteiger partial charge on any atom is -0.321 e. The second kappa shape index (κ2) is 10.0. The number of nitrogens with zero attached hydrogens (tertiary/aromatic N) is 1. The van der Waals surface area contributed by atoms with Crippen LogP contribution in [0.25, 0.3) is 0 Å². The number of nitrogens with one attached hydrogen (secondary N) is 1. The number of halogens is 2. The zero-order chi connectivity index (χ0) is 21.0. The number of anilines is 1. The molecule has 0 fully saturated rings. The quantitative estimate of drug-likeness (QED) is 0.429. The zero-order valence-corrected chi connectivity index (χ0v) is 20.8. The molecule has 28 heavy (non-hydrogen) atoms. The number of benzene rings is 1. The van der Waals surface area contributed by atoms with Crippen LogP contribution in [-0.4, -0.2) is 10.9 Å². The summed E-state index contributed by atoms with van der Waals surface area (Å²) in [7, 11) is 0. The van der Waals surface area contributed by atoms with Crippen LogP contribution in [0.15, 0.2) is 21.1 Å². The van der Waals surface area contributed by atoms with Crippen LogP contribution >= 0.6 is 31.9 Å². The van der Waals surface area contributed by atoms with Gasteiger partial charge in [-0.1, -0.05) is 43.6 Å². The normalized spacial score (nSPS) is 11.2. The van der Waals surface area contributed by atoms with E-state index in [1.165, 1.54) is 0 Å². The Morgan fingerprint density at radius 2 is 1.64 bits per heavy atom. The maximum Gasteiger partial charge on any atom is 0.258 e. The number of rotatable bonds is 7. The van der Waals surface area contributed by atoms with Gasteiger partial charge in [0.2, 0.25) is 0 Å². The van der Waals surface area contributed by atoms with Crippen molar-refractivity contribution in [3.8, 4) is 0 Å². The van der Waals surface area contributed by atoms with Gasteiger partial charge in [-0.15, -0.1) is 0 Å². The van der Waals surface area contributed by atoms with Gasteiger partial charge < -0.3 is 5.32 Å². The fraction of sp³-hybridized carbons (Fsp3) is 0.478. The third-order valence-electron chi connectivity index (χ3n) is 5.08. The fourth-order valence-corrected chi connectivity index (χ4v) is 4.96. The molecule has 0 aliphatic rings. The second-order valence-electron chi connectivity index (χ2n) is 7.64. The van der Waals surface area contributed by atoms with Gasteiger partial charge in [0.05, 0.1) is 11.3 Å². The van der Waals surface area contributed by atoms with E-state index in [0.717, 1.165) is 68.4 Å². The number of pyridine rings is 1. The molecule has 1 heterocycles. The van der Waals surface area contributed by atoms with Crippen LogP contribution in [-0.2, 0) is 19.3 Å². The first-order valence-corrected chi connectivity index (χ1v) is 11.6. The molecule has 0 unspecified atom stereocenters. The number of hydrogen-bond donors (Lipinski definition) is 1. The van der Waals surface area contributed by atoms with Gasteiger partial charge in [0, 0.05) is 20.3 Å². The lowest BCUT2D eigenvalue weighted by molar-refractivity contribution is 0.102. The Balaban J connectivity index is 2.47. The van der Waals surface area contributed by atoms with Crippen molar-refractivity contribution in [3.05, 3.63) is 54.7 Å². The van der Waals surface area contributed by atoms with E-state index in [1.54, 1.807) is 0 Å². The molecule has 0 radical (unpaired) electrons. The van der Waals surface area contributed by atoms with Crippen molar-refractivity contribution in [3.63, 3.8) is 0 Å². The van der Waals surface area contributed by atoms with Crippen molar-refractivity contribution < 1.29 is 4.79 Å². The monoisotopic (exact) mass is 508 g/mol. The van der Waals surface area contributed by atoms with Crippen LogP contribution in [0.3, 0.4) is 0 Å². The van der Waals surface area contributed by atoms with E-state index in [4.69, 9.17) is 0 Å². The van der Waals surface area contributed by atoms with E-state index in [1.807, 2.05) is 13.8 Å². The first-order chi connectivity index (χ1) is 13.2. The number of carbonyl (C=O) groups is 1. The predicted octanol–water partition coefficient (Wildman–Crippen LogP) is 7.19. The predicted molar refractivity (Wildman–Crippen MR) is 125 cm³/mol. The molecule has 0 saturated carbocycles. The highest BCUT2D eigenvalue weighted by Gasteiger charge is 2.21. The maximum atomic E-state index is 13.3. The summed E-state index contributed by atoms with van der Waals surface area (Å²) in [5, 5.41) is 3.19. The van der Waals surface area contributed by atoms with Crippen molar-refractivity contribution in [1.82, 2.24) is 4.98 Å². The van der Waals surface area contributed by atoms with Gasteiger partial charge >= 0.3 is 0 Å². The van der Waals surface area contributed by atoms with Crippen LogP contribution in [0.5, 0.6) is 0 Å². The number of amides is 1. The molecule has 0 atom stereocenters. The first-order valence-electron chi connectivity index (χ1n) is 9.97. The van der Waals surface area contributed by atoms with Gasteiger partial charge in [0.25, 0.3) is 5.91 Å². The van der Waals surface area contributed by atoms with Gasteiger partial charge in [-0.25, -0.2) is 0 Å². The Hall–Kier alpha value is -1.20. The molecule has 2 rings (SSSR count). The van der Waals surface area contributed by atoms with Gasteiger partial charge in [0.1, 0.15) is 0 Å². The largest absolute Gasteiger partial charge is 0.321 e. The highest BCUT2D eigenvalue weighted by molar-refractivity contribution is 9.10. The molecule has 0 aliphatic carbocycles. The molecule has 3 nitrogen and oxygen atoms in total. The fourth-order valence-electron chi connectivity index (χ4n) is 3.45. The molecule has 0 aliphatic heterocycles. The summed E-state index contributed by atoms with van der Waals surface area (Å²) in [5.74, 6) is 0.501. The van der Waals surface area contributed by atoms with Gasteiger partial charge in [0.15, 0.2) is 0 Å². The Morgan fingerprint density at radius 1 is 1.07 bits per heavy atom. The van der Waals surface area contributed by atoms with Gasteiger partial charge in [-0.05, 0) is 90.2 Å². The maximum absolute atomic E-state index is 13.3. The SMILES string of the molecule is CCc1cc(Br)cc(CC)c1NC(=O)c1c(C)nc(C)c(CCC(C)C)c1Br. The summed E-state index contributed by atoms with van der Waals surface area (Å²) in [6, 6.07) is 4.16. The molecule has 0 saturated heterocycles. The molecular weight excluding hydrogens is 480 g/mol. The molecule has 5 heteroatoms. The summed E-state index contributed by atoms with van der Waals surface area (Å²) >= 11 is 7.30. The van der Waals surface area contributed by atoms with E-state index in [9.17, 15) is 4.79 Å². The van der Waals surface area contributed by atoms with Crippen molar-refractivity contribution in [2.75, 3.05) is 5.32 Å². The van der Waals surface area contributed by atoms with E-state index in [2.05, 4.69) is 82.0 Å². The van der Waals surface area contributed by atoms with Gasteiger partial charge in [-0.2, -0.15) is 0 Å². The number of aromatic nitrogens is 1. The summed E-state index contributed by atoms with van der Waals surface area (Å²) in [6.45, 7) is 12.6. The summed E-state index contributed by atoms with van der Waals surface area (Å²) < 4.78 is 1.92. The smallest absolute Gasteiger partial charge is 0.258 e. The molecule has 0 spiro atoms. The van der Waals surface area contributed by atoms with Crippen molar-refractivity contribution in [1.29, 1.82) is 0 Å². The first kappa shape index (κ1) is 23.1. The van der Waals surface area contributed by atoms with Crippen LogP contribution in [0.4, 0.5) is 5.69 Å². The lowest BCUT2D eigenvalue weighted by Crippen LogP contribution is -2.19. The number of hydrogen-bond acceptors (Lipinski definition) is 2. The highest BCUT2D eigenvalue weighted by atomic mass is 79.9. The minimum absolute atomic E-state index is 0.102. The topological polar surface area (TPSA) is 42.0 Å². The molecule has 1 N–H and O–H groups in total. The number of aryl methyl sites for hydroxylation is 4.